The van der Waals surface area contributed by atoms with E-state index in [0.29, 0.717) is 17.3 Å². The Balaban J connectivity index is 2.12. The fourth-order valence-corrected chi connectivity index (χ4v) is 3.88. The van der Waals surface area contributed by atoms with Gasteiger partial charge in [0, 0.05) is 25.3 Å². The number of hydrogen-bond donors (Lipinski definition) is 3. The van der Waals surface area contributed by atoms with Crippen LogP contribution in [0, 0.1) is 0 Å². The van der Waals surface area contributed by atoms with E-state index in [9.17, 15) is 29.1 Å². The van der Waals surface area contributed by atoms with Crippen LogP contribution in [0.4, 0.5) is 0 Å². The number of hydrogen-bond acceptors (Lipinski definition) is 6. The van der Waals surface area contributed by atoms with Crippen LogP contribution in [0.15, 0.2) is 54.6 Å². The van der Waals surface area contributed by atoms with Crippen LogP contribution in [0.2, 0.25) is 0 Å². The fourth-order valence-electron chi connectivity index (χ4n) is 3.00. The molecule has 0 heterocycles. The maximum Gasteiger partial charge on any atom is 0.326 e. The molecule has 1 unspecified atom stereocenters. The van der Waals surface area contributed by atoms with Gasteiger partial charge in [-0.3, -0.25) is 19.2 Å². The van der Waals surface area contributed by atoms with Crippen LogP contribution in [0.25, 0.3) is 11.1 Å². The number of carbonyl (C=O) groups excluding carboxylic acids is 4. The summed E-state index contributed by atoms with van der Waals surface area (Å²) in [7, 11) is 0. The zero-order valence-corrected chi connectivity index (χ0v) is 18.3. The highest BCUT2D eigenvalue weighted by Gasteiger charge is 2.28. The van der Waals surface area contributed by atoms with Crippen molar-refractivity contribution >= 4 is 40.4 Å². The van der Waals surface area contributed by atoms with E-state index in [-0.39, 0.29) is 24.4 Å². The second-order valence-corrected chi connectivity index (χ2v) is 8.45. The lowest BCUT2D eigenvalue weighted by molar-refractivity contribution is -0.142. The molecule has 0 bridgehead atoms. The average molecular weight is 457 g/mol. The first kappa shape index (κ1) is 24.8. The number of nitrogens with one attached hydrogen (secondary N) is 1. The predicted molar refractivity (Wildman–Crippen MR) is 121 cm³/mol. The molecular formula is C23H24N2O6S. The van der Waals surface area contributed by atoms with Crippen molar-refractivity contribution in [1.82, 2.24) is 5.32 Å². The molecule has 4 N–H and O–H groups in total. The lowest BCUT2D eigenvalue weighted by atomic mass is 10.0. The quantitative estimate of drug-likeness (QED) is 0.441. The highest BCUT2D eigenvalue weighted by molar-refractivity contribution is 8.14. The first-order chi connectivity index (χ1) is 15.2. The molecule has 0 aromatic heterocycles. The molecule has 0 aliphatic carbocycles. The largest absolute Gasteiger partial charge is 0.480 e. The van der Waals surface area contributed by atoms with Gasteiger partial charge in [0.2, 0.25) is 11.8 Å². The van der Waals surface area contributed by atoms with Gasteiger partial charge in [-0.25, -0.2) is 4.79 Å². The Morgan fingerprint density at radius 2 is 1.56 bits per heavy atom. The molecule has 0 saturated carbocycles. The molecule has 9 heteroatoms. The number of aliphatic carboxylic acids is 1. The lowest BCUT2D eigenvalue weighted by Gasteiger charge is -2.17. The van der Waals surface area contributed by atoms with Gasteiger partial charge in [0.05, 0.1) is 5.25 Å². The summed E-state index contributed by atoms with van der Waals surface area (Å²) in [5.41, 5.74) is 7.26. The Labute approximate surface area is 189 Å². The van der Waals surface area contributed by atoms with Crippen LogP contribution in [-0.2, 0) is 19.2 Å². The number of amides is 2. The van der Waals surface area contributed by atoms with Crippen LogP contribution >= 0.6 is 11.8 Å². The number of carboxylic acid groups (broad SMARTS) is 1. The highest BCUT2D eigenvalue weighted by Crippen LogP contribution is 2.24. The molecule has 0 radical (unpaired) electrons. The van der Waals surface area contributed by atoms with E-state index in [1.54, 1.807) is 24.3 Å². The summed E-state index contributed by atoms with van der Waals surface area (Å²) < 4.78 is 0. The second-order valence-electron chi connectivity index (χ2n) is 7.07. The zero-order valence-electron chi connectivity index (χ0n) is 17.4. The Morgan fingerprint density at radius 1 is 0.969 bits per heavy atom. The Bertz CT molecular complexity index is 991. The number of benzene rings is 2. The summed E-state index contributed by atoms with van der Waals surface area (Å²) in [5, 5.41) is 10.2. The molecule has 2 aromatic carbocycles. The average Bonchev–Trinajstić information content (AvgIpc) is 2.75. The summed E-state index contributed by atoms with van der Waals surface area (Å²) in [6.45, 7) is 1.29. The Hall–Kier alpha value is -3.46. The zero-order chi connectivity index (χ0) is 23.7. The Kier molecular flexibility index (Phi) is 9.15. The molecule has 0 aliphatic rings. The van der Waals surface area contributed by atoms with Gasteiger partial charge in [-0.05, 0) is 17.5 Å². The second kappa shape index (κ2) is 11.8. The van der Waals surface area contributed by atoms with Gasteiger partial charge in [-0.15, -0.1) is 0 Å². The fraction of sp³-hybridized carbons (Fsp3) is 0.261. The molecule has 2 aromatic rings. The summed E-state index contributed by atoms with van der Waals surface area (Å²) in [6.07, 6.45) is -0.769. The number of nitrogens with two attached hydrogens (primary N) is 1. The smallest absolute Gasteiger partial charge is 0.326 e. The van der Waals surface area contributed by atoms with Crippen LogP contribution < -0.4 is 11.1 Å². The minimum Gasteiger partial charge on any atom is -0.480 e. The van der Waals surface area contributed by atoms with Gasteiger partial charge >= 0.3 is 5.97 Å². The van der Waals surface area contributed by atoms with E-state index in [2.05, 4.69) is 5.32 Å². The van der Waals surface area contributed by atoms with E-state index in [0.717, 1.165) is 11.1 Å². The molecule has 2 atom stereocenters. The molecule has 0 fully saturated rings. The van der Waals surface area contributed by atoms with E-state index >= 15 is 0 Å². The van der Waals surface area contributed by atoms with Crippen molar-refractivity contribution in [3.63, 3.8) is 0 Å². The monoisotopic (exact) mass is 456 g/mol. The van der Waals surface area contributed by atoms with Gasteiger partial charge in [0.1, 0.15) is 6.04 Å². The molecule has 0 saturated heterocycles. The van der Waals surface area contributed by atoms with Crippen LogP contribution in [-0.4, -0.2) is 45.1 Å². The van der Waals surface area contributed by atoms with Crippen molar-refractivity contribution in [2.75, 3.05) is 0 Å². The first-order valence-corrected chi connectivity index (χ1v) is 10.7. The van der Waals surface area contributed by atoms with E-state index in [4.69, 9.17) is 5.73 Å². The number of carboxylic acids is 1. The van der Waals surface area contributed by atoms with Crippen molar-refractivity contribution in [3.8, 4) is 11.1 Å². The minimum atomic E-state index is -1.32. The van der Waals surface area contributed by atoms with Gasteiger partial charge in [0.25, 0.3) is 0 Å². The van der Waals surface area contributed by atoms with Gasteiger partial charge < -0.3 is 16.2 Å². The maximum atomic E-state index is 13.0. The van der Waals surface area contributed by atoms with Crippen LogP contribution in [0.1, 0.15) is 36.5 Å². The van der Waals surface area contributed by atoms with Crippen molar-refractivity contribution in [2.24, 2.45) is 5.73 Å². The third kappa shape index (κ3) is 7.66. The van der Waals surface area contributed by atoms with Gasteiger partial charge in [0.15, 0.2) is 10.9 Å². The van der Waals surface area contributed by atoms with Crippen molar-refractivity contribution in [3.05, 3.63) is 60.2 Å². The molecule has 2 rings (SSSR count). The normalized spacial score (nSPS) is 12.4. The minimum absolute atomic E-state index is 0.171. The highest BCUT2D eigenvalue weighted by atomic mass is 32.2. The van der Waals surface area contributed by atoms with Gasteiger partial charge in [-0.1, -0.05) is 66.4 Å². The predicted octanol–water partition coefficient (Wildman–Crippen LogP) is 2.41. The number of Topliss-reactive ketones (excluding diaryl/α,β-unsaturated/α-hetero) is 1. The molecule has 168 valence electrons. The third-order valence-electron chi connectivity index (χ3n) is 4.56. The summed E-state index contributed by atoms with van der Waals surface area (Å²) in [6, 6.07) is 15.1. The number of ketones is 1. The Morgan fingerprint density at radius 3 is 2.09 bits per heavy atom. The van der Waals surface area contributed by atoms with E-state index in [1.807, 2.05) is 30.3 Å². The SMILES string of the molecule is CC(=O)SC(CC(=O)N[C@@H](CCC(N)=O)C(=O)O)C(=O)c1ccc(-c2ccccc2)cc1. The van der Waals surface area contributed by atoms with Crippen molar-refractivity contribution in [1.29, 1.82) is 0 Å². The molecule has 8 nitrogen and oxygen atoms in total. The van der Waals surface area contributed by atoms with E-state index in [1.165, 1.54) is 6.92 Å². The molecule has 32 heavy (non-hydrogen) atoms. The number of carbonyl (C=O) groups is 5. The van der Waals surface area contributed by atoms with Gasteiger partial charge in [-0.2, -0.15) is 0 Å². The van der Waals surface area contributed by atoms with Crippen LogP contribution in [0.5, 0.6) is 0 Å². The number of thioether (sulfide) groups is 1. The molecule has 2 amide bonds. The first-order valence-electron chi connectivity index (χ1n) is 9.84. The standard InChI is InChI=1S/C23H24N2O6S/c1-14(26)32-19(13-21(28)25-18(23(30)31)11-12-20(24)27)22(29)17-9-7-16(8-10-17)15-5-3-2-4-6-15/h2-10,18-19H,11-13H2,1H3,(H2,24,27)(H,25,28)(H,30,31)/t18-,19?/m0/s1. The maximum absolute atomic E-state index is 13.0. The number of rotatable bonds is 11. The van der Waals surface area contributed by atoms with E-state index < -0.39 is 34.9 Å². The summed E-state index contributed by atoms with van der Waals surface area (Å²) >= 11 is 0.714. The van der Waals surface area contributed by atoms with Crippen molar-refractivity contribution in [2.45, 2.75) is 37.5 Å². The number of primary amides is 1. The molecule has 0 spiro atoms. The summed E-state index contributed by atoms with van der Waals surface area (Å²) in [4.78, 5) is 59.2. The molecule has 0 aliphatic heterocycles. The molecular weight excluding hydrogens is 432 g/mol. The summed E-state index contributed by atoms with van der Waals surface area (Å²) in [5.74, 6) is -3.14. The van der Waals surface area contributed by atoms with Crippen molar-refractivity contribution < 1.29 is 29.1 Å². The van der Waals surface area contributed by atoms with Crippen LogP contribution in [0.3, 0.4) is 0 Å². The topological polar surface area (TPSA) is 144 Å². The lowest BCUT2D eigenvalue weighted by Crippen LogP contribution is -2.43. The third-order valence-corrected chi connectivity index (χ3v) is 5.56.